The van der Waals surface area contributed by atoms with Crippen LogP contribution >= 0.6 is 0 Å². The van der Waals surface area contributed by atoms with Crippen LogP contribution < -0.4 is 20.7 Å². The summed E-state index contributed by atoms with van der Waals surface area (Å²) in [6.45, 7) is 3.14. The molecule has 3 N–H and O–H groups in total. The van der Waals surface area contributed by atoms with Gasteiger partial charge in [-0.15, -0.1) is 0 Å². The Morgan fingerprint density at radius 1 is 0.871 bits per heavy atom. The predicted octanol–water partition coefficient (Wildman–Crippen LogP) is 4.11. The summed E-state index contributed by atoms with van der Waals surface area (Å²) in [7, 11) is 0. The average Bonchev–Trinajstić information content (AvgIpc) is 2.79. The van der Waals surface area contributed by atoms with Crippen LogP contribution in [0, 0.1) is 0 Å². The Labute approximate surface area is 182 Å². The number of anilines is 2. The Morgan fingerprint density at radius 2 is 1.65 bits per heavy atom. The van der Waals surface area contributed by atoms with E-state index in [0.29, 0.717) is 24.4 Å². The molecule has 3 aromatic carbocycles. The zero-order valence-corrected chi connectivity index (χ0v) is 17.6. The van der Waals surface area contributed by atoms with Gasteiger partial charge in [0.25, 0.3) is 5.91 Å². The van der Waals surface area contributed by atoms with Gasteiger partial charge < -0.3 is 20.7 Å². The number of ether oxygens (including phenoxy) is 1. The number of carbonyl (C=O) groups is 2. The van der Waals surface area contributed by atoms with Crippen molar-refractivity contribution in [1.29, 1.82) is 0 Å². The topological polar surface area (TPSA) is 79.5 Å². The standard InChI is InChI=1S/C25H27N3O3/c1-2-26-25(30)20-11-13-21(14-12-20)28-24(29)18-27-22-9-6-10-23(17-22)31-16-15-19-7-4-3-5-8-19/h3-14,17,27H,2,15-16,18H2,1H3,(H,26,30)(H,28,29). The van der Waals surface area contributed by atoms with Crippen molar-refractivity contribution in [2.45, 2.75) is 13.3 Å². The Balaban J connectivity index is 1.44. The second-order valence-electron chi connectivity index (χ2n) is 6.95. The zero-order chi connectivity index (χ0) is 21.9. The number of nitrogens with one attached hydrogen (secondary N) is 3. The molecule has 0 spiro atoms. The van der Waals surface area contributed by atoms with Crippen LogP contribution in [0.3, 0.4) is 0 Å². The van der Waals surface area contributed by atoms with E-state index in [4.69, 9.17) is 4.74 Å². The van der Waals surface area contributed by atoms with Crippen molar-refractivity contribution in [2.24, 2.45) is 0 Å². The Bertz CT molecular complexity index is 988. The monoisotopic (exact) mass is 417 g/mol. The van der Waals surface area contributed by atoms with Gasteiger partial charge in [0.15, 0.2) is 0 Å². The van der Waals surface area contributed by atoms with Crippen LogP contribution in [-0.4, -0.2) is 31.5 Å². The van der Waals surface area contributed by atoms with E-state index in [2.05, 4.69) is 28.1 Å². The van der Waals surface area contributed by atoms with Crippen molar-refractivity contribution in [3.63, 3.8) is 0 Å². The largest absolute Gasteiger partial charge is 0.493 e. The lowest BCUT2D eigenvalue weighted by Crippen LogP contribution is -2.23. The van der Waals surface area contributed by atoms with E-state index >= 15 is 0 Å². The molecule has 3 aromatic rings. The van der Waals surface area contributed by atoms with Gasteiger partial charge in [-0.3, -0.25) is 9.59 Å². The molecule has 0 aromatic heterocycles. The van der Waals surface area contributed by atoms with Gasteiger partial charge in [0.05, 0.1) is 13.2 Å². The van der Waals surface area contributed by atoms with Crippen LogP contribution in [0.1, 0.15) is 22.8 Å². The molecular weight excluding hydrogens is 390 g/mol. The van der Waals surface area contributed by atoms with Crippen molar-refractivity contribution in [3.05, 3.63) is 90.0 Å². The number of carbonyl (C=O) groups excluding carboxylic acids is 2. The summed E-state index contributed by atoms with van der Waals surface area (Å²) in [6.07, 6.45) is 0.833. The van der Waals surface area contributed by atoms with Crippen LogP contribution in [0.25, 0.3) is 0 Å². The lowest BCUT2D eigenvalue weighted by molar-refractivity contribution is -0.114. The molecule has 0 saturated carbocycles. The fraction of sp³-hybridized carbons (Fsp3) is 0.200. The van der Waals surface area contributed by atoms with Crippen LogP contribution in [0.2, 0.25) is 0 Å². The lowest BCUT2D eigenvalue weighted by atomic mass is 10.2. The normalized spacial score (nSPS) is 10.2. The van der Waals surface area contributed by atoms with Gasteiger partial charge in [-0.2, -0.15) is 0 Å². The van der Waals surface area contributed by atoms with Gasteiger partial charge in [0.2, 0.25) is 5.91 Å². The van der Waals surface area contributed by atoms with Gasteiger partial charge in [0, 0.05) is 36.0 Å². The number of rotatable bonds is 10. The zero-order valence-electron chi connectivity index (χ0n) is 17.6. The van der Waals surface area contributed by atoms with Gasteiger partial charge in [-0.25, -0.2) is 0 Å². The maximum absolute atomic E-state index is 12.2. The molecule has 0 heterocycles. The summed E-state index contributed by atoms with van der Waals surface area (Å²) < 4.78 is 5.83. The molecular formula is C25H27N3O3. The summed E-state index contributed by atoms with van der Waals surface area (Å²) in [5.41, 5.74) is 3.23. The predicted molar refractivity (Wildman–Crippen MR) is 124 cm³/mol. The molecule has 0 bridgehead atoms. The summed E-state index contributed by atoms with van der Waals surface area (Å²) >= 11 is 0. The third-order valence-electron chi connectivity index (χ3n) is 4.56. The van der Waals surface area contributed by atoms with Gasteiger partial charge in [-0.05, 0) is 48.9 Å². The van der Waals surface area contributed by atoms with Crippen LogP contribution in [0.5, 0.6) is 5.75 Å². The van der Waals surface area contributed by atoms with E-state index in [1.54, 1.807) is 24.3 Å². The summed E-state index contributed by atoms with van der Waals surface area (Å²) in [5, 5.41) is 8.66. The number of hydrogen-bond acceptors (Lipinski definition) is 4. The Morgan fingerprint density at radius 3 is 2.39 bits per heavy atom. The molecule has 0 aliphatic heterocycles. The second-order valence-corrected chi connectivity index (χ2v) is 6.95. The second kappa shape index (κ2) is 11.4. The highest BCUT2D eigenvalue weighted by atomic mass is 16.5. The first-order valence-corrected chi connectivity index (χ1v) is 10.3. The van der Waals surface area contributed by atoms with Crippen molar-refractivity contribution in [3.8, 4) is 5.75 Å². The molecule has 2 amide bonds. The van der Waals surface area contributed by atoms with Crippen molar-refractivity contribution < 1.29 is 14.3 Å². The molecule has 3 rings (SSSR count). The quantitative estimate of drug-likeness (QED) is 0.464. The molecule has 6 nitrogen and oxygen atoms in total. The van der Waals surface area contributed by atoms with E-state index < -0.39 is 0 Å². The molecule has 0 radical (unpaired) electrons. The third kappa shape index (κ3) is 7.19. The van der Waals surface area contributed by atoms with Crippen LogP contribution in [0.15, 0.2) is 78.9 Å². The summed E-state index contributed by atoms with van der Waals surface area (Å²) in [6, 6.07) is 24.5. The number of hydrogen-bond donors (Lipinski definition) is 3. The highest BCUT2D eigenvalue weighted by Gasteiger charge is 2.06. The summed E-state index contributed by atoms with van der Waals surface area (Å²) in [4.78, 5) is 24.0. The molecule has 6 heteroatoms. The minimum Gasteiger partial charge on any atom is -0.493 e. The summed E-state index contributed by atoms with van der Waals surface area (Å²) in [5.74, 6) is 0.441. The van der Waals surface area contributed by atoms with Crippen LogP contribution in [0.4, 0.5) is 11.4 Å². The first-order valence-electron chi connectivity index (χ1n) is 10.3. The fourth-order valence-electron chi connectivity index (χ4n) is 2.98. The highest BCUT2D eigenvalue weighted by Crippen LogP contribution is 2.18. The third-order valence-corrected chi connectivity index (χ3v) is 4.56. The molecule has 160 valence electrons. The van der Waals surface area contributed by atoms with Crippen molar-refractivity contribution in [2.75, 3.05) is 30.3 Å². The first kappa shape index (κ1) is 21.9. The van der Waals surface area contributed by atoms with E-state index in [0.717, 1.165) is 17.9 Å². The van der Waals surface area contributed by atoms with Gasteiger partial charge in [0.1, 0.15) is 5.75 Å². The average molecular weight is 418 g/mol. The van der Waals surface area contributed by atoms with E-state index in [1.807, 2.05) is 49.4 Å². The van der Waals surface area contributed by atoms with E-state index in [-0.39, 0.29) is 18.4 Å². The number of amides is 2. The minimum absolute atomic E-state index is 0.117. The maximum Gasteiger partial charge on any atom is 0.251 e. The van der Waals surface area contributed by atoms with E-state index in [1.165, 1.54) is 5.56 Å². The lowest BCUT2D eigenvalue weighted by Gasteiger charge is -2.11. The molecule has 31 heavy (non-hydrogen) atoms. The van der Waals surface area contributed by atoms with Crippen molar-refractivity contribution in [1.82, 2.24) is 5.32 Å². The molecule has 0 fully saturated rings. The minimum atomic E-state index is -0.179. The maximum atomic E-state index is 12.2. The molecule has 0 saturated heterocycles. The fourth-order valence-corrected chi connectivity index (χ4v) is 2.98. The van der Waals surface area contributed by atoms with E-state index in [9.17, 15) is 9.59 Å². The van der Waals surface area contributed by atoms with Crippen LogP contribution in [-0.2, 0) is 11.2 Å². The van der Waals surface area contributed by atoms with Gasteiger partial charge >= 0.3 is 0 Å². The molecule has 0 unspecified atom stereocenters. The highest BCUT2D eigenvalue weighted by molar-refractivity contribution is 5.96. The Hall–Kier alpha value is -3.80. The van der Waals surface area contributed by atoms with Gasteiger partial charge in [-0.1, -0.05) is 36.4 Å². The SMILES string of the molecule is CCNC(=O)c1ccc(NC(=O)CNc2cccc(OCCc3ccccc3)c2)cc1. The molecule has 0 aliphatic carbocycles. The molecule has 0 atom stereocenters. The first-order chi connectivity index (χ1) is 15.1. The van der Waals surface area contributed by atoms with Crippen molar-refractivity contribution >= 4 is 23.2 Å². The Kier molecular flexibility index (Phi) is 8.05. The molecule has 0 aliphatic rings. The smallest absolute Gasteiger partial charge is 0.251 e. The number of benzene rings is 3.